The van der Waals surface area contributed by atoms with Crippen molar-refractivity contribution < 1.29 is 4.74 Å². The third-order valence-electron chi connectivity index (χ3n) is 4.43. The van der Waals surface area contributed by atoms with E-state index in [-0.39, 0.29) is 0 Å². The molecule has 2 aromatic heterocycles. The number of rotatable bonds is 3. The van der Waals surface area contributed by atoms with Gasteiger partial charge in [0.2, 0.25) is 0 Å². The van der Waals surface area contributed by atoms with Gasteiger partial charge < -0.3 is 9.30 Å². The Hall–Kier alpha value is -3.58. The number of fused-ring (bicyclic) bond motifs is 1. The van der Waals surface area contributed by atoms with Crippen molar-refractivity contribution in [2.45, 2.75) is 6.92 Å². The normalized spacial score (nSPS) is 10.7. The first-order valence-corrected chi connectivity index (χ1v) is 8.30. The molecule has 2 aromatic carbocycles. The highest BCUT2D eigenvalue weighted by atomic mass is 16.5. The van der Waals surface area contributed by atoms with E-state index in [1.807, 2.05) is 67.6 Å². The standard InChI is InChI=1S/C22H17N3O/c1-15-5-4-6-21(24-15)20-14-25(17-8-10-18(26-3)11-9-17)22-12-7-16(23-2)13-19(20)22/h4-14H,1,3H3. The molecule has 0 atom stereocenters. The average molecular weight is 339 g/mol. The van der Waals surface area contributed by atoms with E-state index in [0.717, 1.165) is 39.3 Å². The Morgan fingerprint density at radius 3 is 2.54 bits per heavy atom. The van der Waals surface area contributed by atoms with Crippen molar-refractivity contribution >= 4 is 16.6 Å². The number of ether oxygens (including phenoxy) is 1. The lowest BCUT2D eigenvalue weighted by Gasteiger charge is -2.06. The molecule has 4 aromatic rings. The van der Waals surface area contributed by atoms with Gasteiger partial charge >= 0.3 is 0 Å². The van der Waals surface area contributed by atoms with E-state index in [9.17, 15) is 0 Å². The van der Waals surface area contributed by atoms with E-state index in [0.29, 0.717) is 5.69 Å². The first-order chi connectivity index (χ1) is 12.7. The Kier molecular flexibility index (Phi) is 3.91. The molecule has 0 aliphatic heterocycles. The maximum absolute atomic E-state index is 7.33. The van der Waals surface area contributed by atoms with Gasteiger partial charge in [0.1, 0.15) is 5.75 Å². The summed E-state index contributed by atoms with van der Waals surface area (Å²) in [5.41, 5.74) is 5.59. The molecule has 2 heterocycles. The Balaban J connectivity index is 1.98. The molecule has 0 amide bonds. The van der Waals surface area contributed by atoms with E-state index in [4.69, 9.17) is 11.3 Å². The summed E-state index contributed by atoms with van der Waals surface area (Å²) in [4.78, 5) is 8.25. The highest BCUT2D eigenvalue weighted by molar-refractivity contribution is 5.98. The molecule has 4 heteroatoms. The van der Waals surface area contributed by atoms with Crippen molar-refractivity contribution in [1.29, 1.82) is 0 Å². The van der Waals surface area contributed by atoms with Crippen LogP contribution in [-0.2, 0) is 0 Å². The van der Waals surface area contributed by atoms with E-state index >= 15 is 0 Å². The highest BCUT2D eigenvalue weighted by Crippen LogP contribution is 2.34. The minimum Gasteiger partial charge on any atom is -0.497 e. The second-order valence-electron chi connectivity index (χ2n) is 6.09. The van der Waals surface area contributed by atoms with Crippen LogP contribution in [0.1, 0.15) is 5.69 Å². The maximum atomic E-state index is 7.33. The van der Waals surface area contributed by atoms with E-state index < -0.39 is 0 Å². The molecule has 4 rings (SSSR count). The van der Waals surface area contributed by atoms with Crippen LogP contribution in [0.2, 0.25) is 0 Å². The van der Waals surface area contributed by atoms with Crippen molar-refractivity contribution in [3.63, 3.8) is 0 Å². The van der Waals surface area contributed by atoms with Crippen LogP contribution in [0.4, 0.5) is 5.69 Å². The second-order valence-corrected chi connectivity index (χ2v) is 6.09. The molecule has 0 radical (unpaired) electrons. The molecule has 0 unspecified atom stereocenters. The van der Waals surface area contributed by atoms with Gasteiger partial charge in [0.25, 0.3) is 0 Å². The van der Waals surface area contributed by atoms with Gasteiger partial charge in [-0.3, -0.25) is 4.98 Å². The topological polar surface area (TPSA) is 31.4 Å². The molecule has 0 spiro atoms. The van der Waals surface area contributed by atoms with Gasteiger partial charge in [-0.05, 0) is 60.8 Å². The van der Waals surface area contributed by atoms with Gasteiger partial charge in [-0.2, -0.15) is 0 Å². The van der Waals surface area contributed by atoms with Crippen molar-refractivity contribution in [1.82, 2.24) is 9.55 Å². The number of aryl methyl sites for hydroxylation is 1. The Morgan fingerprint density at radius 2 is 1.85 bits per heavy atom. The van der Waals surface area contributed by atoms with Crippen molar-refractivity contribution in [2.75, 3.05) is 7.11 Å². The van der Waals surface area contributed by atoms with Crippen LogP contribution >= 0.6 is 0 Å². The summed E-state index contributed by atoms with van der Waals surface area (Å²) in [6, 6.07) is 19.7. The van der Waals surface area contributed by atoms with Crippen LogP contribution in [0.3, 0.4) is 0 Å². The van der Waals surface area contributed by atoms with Crippen LogP contribution in [0.5, 0.6) is 5.75 Å². The number of methoxy groups -OCH3 is 1. The van der Waals surface area contributed by atoms with E-state index in [1.54, 1.807) is 7.11 Å². The first-order valence-electron chi connectivity index (χ1n) is 8.30. The quantitative estimate of drug-likeness (QED) is 0.458. The molecular weight excluding hydrogens is 322 g/mol. The molecular formula is C22H17N3O. The average Bonchev–Trinajstić information content (AvgIpc) is 3.06. The third kappa shape index (κ3) is 2.70. The summed E-state index contributed by atoms with van der Waals surface area (Å²) in [6.45, 7) is 9.32. The lowest BCUT2D eigenvalue weighted by molar-refractivity contribution is 0.415. The van der Waals surface area contributed by atoms with Gasteiger partial charge in [0, 0.05) is 23.1 Å². The Bertz CT molecular complexity index is 1130. The molecule has 0 saturated heterocycles. The monoisotopic (exact) mass is 339 g/mol. The summed E-state index contributed by atoms with van der Waals surface area (Å²) in [6.07, 6.45) is 2.09. The van der Waals surface area contributed by atoms with Gasteiger partial charge in [-0.25, -0.2) is 4.85 Å². The molecule has 0 N–H and O–H groups in total. The van der Waals surface area contributed by atoms with Crippen LogP contribution in [0, 0.1) is 13.5 Å². The Labute approximate surface area is 152 Å². The first kappa shape index (κ1) is 15.9. The van der Waals surface area contributed by atoms with Crippen LogP contribution in [0.15, 0.2) is 66.9 Å². The smallest absolute Gasteiger partial charge is 0.188 e. The summed E-state index contributed by atoms with van der Waals surface area (Å²) in [5.74, 6) is 0.820. The van der Waals surface area contributed by atoms with Gasteiger partial charge in [-0.1, -0.05) is 12.1 Å². The summed E-state index contributed by atoms with van der Waals surface area (Å²) in [5, 5.41) is 1.02. The predicted molar refractivity (Wildman–Crippen MR) is 104 cm³/mol. The number of hydrogen-bond acceptors (Lipinski definition) is 2. The molecule has 4 nitrogen and oxygen atoms in total. The Morgan fingerprint density at radius 1 is 1.04 bits per heavy atom. The number of benzene rings is 2. The number of nitrogens with zero attached hydrogens (tertiary/aromatic N) is 3. The highest BCUT2D eigenvalue weighted by Gasteiger charge is 2.13. The zero-order valence-corrected chi connectivity index (χ0v) is 14.6. The van der Waals surface area contributed by atoms with Gasteiger partial charge in [-0.15, -0.1) is 0 Å². The van der Waals surface area contributed by atoms with Crippen molar-refractivity contribution in [3.8, 4) is 22.7 Å². The lowest BCUT2D eigenvalue weighted by atomic mass is 10.1. The van der Waals surface area contributed by atoms with E-state index in [1.165, 1.54) is 0 Å². The third-order valence-corrected chi connectivity index (χ3v) is 4.43. The zero-order valence-electron chi connectivity index (χ0n) is 14.6. The fourth-order valence-corrected chi connectivity index (χ4v) is 3.14. The maximum Gasteiger partial charge on any atom is 0.188 e. The molecule has 126 valence electrons. The fraction of sp³-hybridized carbons (Fsp3) is 0.0909. The molecule has 0 aliphatic carbocycles. The lowest BCUT2D eigenvalue weighted by Crippen LogP contribution is -1.92. The second kappa shape index (κ2) is 6.38. The minimum atomic E-state index is 0.624. The van der Waals surface area contributed by atoms with Crippen LogP contribution < -0.4 is 4.74 Å². The summed E-state index contributed by atoms with van der Waals surface area (Å²) in [7, 11) is 1.66. The zero-order chi connectivity index (χ0) is 18.1. The largest absolute Gasteiger partial charge is 0.497 e. The van der Waals surface area contributed by atoms with Gasteiger partial charge in [0.05, 0.1) is 24.9 Å². The molecule has 0 saturated carbocycles. The van der Waals surface area contributed by atoms with Crippen LogP contribution in [0.25, 0.3) is 32.7 Å². The summed E-state index contributed by atoms with van der Waals surface area (Å²) >= 11 is 0. The van der Waals surface area contributed by atoms with Crippen molar-refractivity contribution in [3.05, 3.63) is 84.0 Å². The molecule has 0 fully saturated rings. The number of pyridine rings is 1. The molecule has 26 heavy (non-hydrogen) atoms. The molecule has 0 aliphatic rings. The minimum absolute atomic E-state index is 0.624. The predicted octanol–water partition coefficient (Wildman–Crippen LogP) is 5.56. The van der Waals surface area contributed by atoms with Gasteiger partial charge in [0.15, 0.2) is 5.69 Å². The van der Waals surface area contributed by atoms with E-state index in [2.05, 4.69) is 20.6 Å². The van der Waals surface area contributed by atoms with Crippen LogP contribution in [-0.4, -0.2) is 16.7 Å². The SMILES string of the molecule is [C-]#[N+]c1ccc2c(c1)c(-c1cccc(C)n1)cn2-c1ccc(OC)cc1. The summed E-state index contributed by atoms with van der Waals surface area (Å²) < 4.78 is 7.38. The van der Waals surface area contributed by atoms with Crippen molar-refractivity contribution in [2.24, 2.45) is 0 Å². The number of aromatic nitrogens is 2. The molecule has 0 bridgehead atoms. The number of hydrogen-bond donors (Lipinski definition) is 0. The fourth-order valence-electron chi connectivity index (χ4n) is 3.14.